The number of pyridine rings is 2. The van der Waals surface area contributed by atoms with E-state index in [-0.39, 0.29) is 33.7 Å². The number of furan rings is 1. The van der Waals surface area contributed by atoms with Crippen molar-refractivity contribution in [1.29, 1.82) is 0 Å². The molecule has 0 saturated heterocycles. The summed E-state index contributed by atoms with van der Waals surface area (Å²) in [5, 5.41) is 0.867. The van der Waals surface area contributed by atoms with Gasteiger partial charge in [-0.2, -0.15) is 0 Å². The van der Waals surface area contributed by atoms with E-state index in [9.17, 15) is 0 Å². The second-order valence-corrected chi connectivity index (χ2v) is 8.99. The average Bonchev–Trinajstić information content (AvgIpc) is 3.43. The van der Waals surface area contributed by atoms with Crippen LogP contribution in [0.1, 0.15) is 79.0 Å². The van der Waals surface area contributed by atoms with Crippen LogP contribution in [-0.2, 0) is 12.5 Å². The first-order chi connectivity index (χ1) is 21.4. The number of rotatable bonds is 2. The molecule has 34 heavy (non-hydrogen) atoms. The van der Waals surface area contributed by atoms with E-state index in [1.54, 1.807) is 48.9 Å². The lowest BCUT2D eigenvalue weighted by molar-refractivity contribution is -0.660. The molecule has 1 aliphatic rings. The van der Waals surface area contributed by atoms with Crippen LogP contribution in [-0.4, -0.2) is 4.98 Å². The van der Waals surface area contributed by atoms with Crippen molar-refractivity contribution in [2.45, 2.75) is 52.6 Å². The Labute approximate surface area is 219 Å². The van der Waals surface area contributed by atoms with E-state index in [2.05, 4.69) is 0 Å². The Balaban J connectivity index is 1.69. The van der Waals surface area contributed by atoms with E-state index in [1.165, 1.54) is 24.4 Å². The highest BCUT2D eigenvalue weighted by molar-refractivity contribution is 6.10. The summed E-state index contributed by atoms with van der Waals surface area (Å²) in [5.74, 6) is -2.23. The van der Waals surface area contributed by atoms with Crippen LogP contribution in [0.3, 0.4) is 0 Å². The molecule has 1 aliphatic carbocycles. The fraction of sp³-hybridized carbons (Fsp3) is 0.290. The molecular formula is C31H31N2O+. The summed E-state index contributed by atoms with van der Waals surface area (Å²) in [4.78, 5) is 4.72. The maximum Gasteiger partial charge on any atom is 0.227 e. The largest absolute Gasteiger partial charge is 0.437 e. The fourth-order valence-corrected chi connectivity index (χ4v) is 5.03. The molecule has 0 saturated carbocycles. The molecule has 0 fully saturated rings. The summed E-state index contributed by atoms with van der Waals surface area (Å²) in [6.45, 7) is -8.57. The Hall–Kier alpha value is -3.46. The van der Waals surface area contributed by atoms with Crippen LogP contribution in [0.2, 0.25) is 0 Å². The van der Waals surface area contributed by atoms with E-state index >= 15 is 0 Å². The van der Waals surface area contributed by atoms with Crippen LogP contribution >= 0.6 is 0 Å². The van der Waals surface area contributed by atoms with Crippen molar-refractivity contribution in [2.75, 3.05) is 0 Å². The normalized spacial score (nSPS) is 23.1. The minimum atomic E-state index is -2.97. The predicted molar refractivity (Wildman–Crippen MR) is 139 cm³/mol. The zero-order valence-corrected chi connectivity index (χ0v) is 19.0. The van der Waals surface area contributed by atoms with Crippen molar-refractivity contribution in [2.24, 2.45) is 7.05 Å². The lowest BCUT2D eigenvalue weighted by Crippen LogP contribution is -2.32. The minimum absolute atomic E-state index is 0.0371. The van der Waals surface area contributed by atoms with Crippen LogP contribution in [0, 0.1) is 13.8 Å². The number of benzene rings is 2. The first-order valence-electron chi connectivity index (χ1n) is 17.5. The molecule has 0 spiro atoms. The monoisotopic (exact) mass is 460 g/mol. The maximum absolute atomic E-state index is 8.66. The molecule has 1 atom stereocenters. The maximum atomic E-state index is 8.66. The smallest absolute Gasteiger partial charge is 0.227 e. The molecule has 170 valence electrons. The van der Waals surface area contributed by atoms with Gasteiger partial charge in [-0.25, -0.2) is 9.55 Å². The zero-order chi connectivity index (χ0) is 34.9. The predicted octanol–water partition coefficient (Wildman–Crippen LogP) is 7.52. The number of fused-ring (bicyclic) bond motifs is 6. The molecule has 0 amide bonds. The molecule has 5 aromatic rings. The van der Waals surface area contributed by atoms with Gasteiger partial charge >= 0.3 is 0 Å². The van der Waals surface area contributed by atoms with Crippen molar-refractivity contribution in [3.63, 3.8) is 0 Å². The quantitative estimate of drug-likeness (QED) is 0.255. The fourth-order valence-electron chi connectivity index (χ4n) is 5.03. The summed E-state index contributed by atoms with van der Waals surface area (Å²) in [6.07, 6.45) is 1.35. The summed E-state index contributed by atoms with van der Waals surface area (Å²) in [5.41, 5.74) is -0.131. The van der Waals surface area contributed by atoms with E-state index in [0.29, 0.717) is 38.7 Å². The van der Waals surface area contributed by atoms with Gasteiger partial charge in [0.15, 0.2) is 11.8 Å². The molecule has 0 N–H and O–H groups in total. The summed E-state index contributed by atoms with van der Waals surface area (Å²) >= 11 is 0. The molecule has 2 aromatic carbocycles. The summed E-state index contributed by atoms with van der Waals surface area (Å²) in [6, 6.07) is 12.8. The van der Waals surface area contributed by atoms with Crippen molar-refractivity contribution >= 4 is 22.1 Å². The molecule has 3 nitrogen and oxygen atoms in total. The van der Waals surface area contributed by atoms with Crippen molar-refractivity contribution in [1.82, 2.24) is 4.98 Å². The first kappa shape index (κ1) is 11.3. The Morgan fingerprint density at radius 3 is 2.71 bits per heavy atom. The Morgan fingerprint density at radius 2 is 1.91 bits per heavy atom. The zero-order valence-electron chi connectivity index (χ0n) is 32.0. The van der Waals surface area contributed by atoms with Crippen molar-refractivity contribution in [3.05, 3.63) is 82.5 Å². The second-order valence-electron chi connectivity index (χ2n) is 8.99. The van der Waals surface area contributed by atoms with Gasteiger partial charge in [0.05, 0.1) is 11.3 Å². The molecule has 3 heterocycles. The number of nitrogens with zero attached hydrogens (tertiary/aromatic N) is 2. The molecule has 0 bridgehead atoms. The van der Waals surface area contributed by atoms with Gasteiger partial charge in [0.2, 0.25) is 11.4 Å². The van der Waals surface area contributed by atoms with Crippen LogP contribution in [0.5, 0.6) is 0 Å². The molecule has 3 aromatic heterocycles. The molecule has 0 aliphatic heterocycles. The Morgan fingerprint density at radius 1 is 1.06 bits per heavy atom. The van der Waals surface area contributed by atoms with E-state index in [4.69, 9.17) is 27.2 Å². The Bertz CT molecular complexity index is 2080. The number of hydrogen-bond acceptors (Lipinski definition) is 2. The standard InChI is InChI=1S/C31H31N2O/c1-17(2)23-16-33(7)26(14-19(23)4)27-18(3)12-13-20-22-15-25-28(32-30(22)34-29(20)27)21-10-8-9-11-24(21)31(25,5)6/h8-17H,1-7H3/q+1/i1D3,4D3,5D3,6D3,17D. The van der Waals surface area contributed by atoms with Gasteiger partial charge in [-0.1, -0.05) is 63.9 Å². The minimum Gasteiger partial charge on any atom is -0.437 e. The van der Waals surface area contributed by atoms with E-state index < -0.39 is 38.7 Å². The van der Waals surface area contributed by atoms with Crippen LogP contribution in [0.15, 0.2) is 59.1 Å². The van der Waals surface area contributed by atoms with Crippen LogP contribution in [0.4, 0.5) is 0 Å². The summed E-state index contributed by atoms with van der Waals surface area (Å²) in [7, 11) is 1.61. The molecule has 6 rings (SSSR count). The number of aryl methyl sites for hydroxylation is 3. The number of aromatic nitrogens is 2. The first-order valence-corrected chi connectivity index (χ1v) is 11.0. The topological polar surface area (TPSA) is 29.9 Å². The van der Waals surface area contributed by atoms with Gasteiger partial charge in [-0.3, -0.25) is 0 Å². The highest BCUT2D eigenvalue weighted by Gasteiger charge is 2.37. The lowest BCUT2D eigenvalue weighted by atomic mass is 9.82. The van der Waals surface area contributed by atoms with Gasteiger partial charge in [0.1, 0.15) is 7.05 Å². The van der Waals surface area contributed by atoms with Gasteiger partial charge in [-0.05, 0) is 48.0 Å². The molecule has 0 radical (unpaired) electrons. The third-order valence-corrected chi connectivity index (χ3v) is 6.77. The third-order valence-electron chi connectivity index (χ3n) is 6.77. The Kier molecular flexibility index (Phi) is 2.34. The average molecular weight is 461 g/mol. The highest BCUT2D eigenvalue weighted by atomic mass is 16.3. The van der Waals surface area contributed by atoms with Gasteiger partial charge in [0.25, 0.3) is 0 Å². The molecule has 1 unspecified atom stereocenters. The molecule has 3 heteroatoms. The van der Waals surface area contributed by atoms with Crippen molar-refractivity contribution in [3.8, 4) is 22.5 Å². The van der Waals surface area contributed by atoms with Crippen LogP contribution < -0.4 is 4.57 Å². The van der Waals surface area contributed by atoms with Crippen LogP contribution in [0.25, 0.3) is 44.6 Å². The molecular weight excluding hydrogens is 416 g/mol. The van der Waals surface area contributed by atoms with E-state index in [1.807, 2.05) is 0 Å². The van der Waals surface area contributed by atoms with Gasteiger partial charge in [0, 0.05) is 51.2 Å². The van der Waals surface area contributed by atoms with E-state index in [0.717, 1.165) is 6.92 Å². The second kappa shape index (κ2) is 7.02. The highest BCUT2D eigenvalue weighted by Crippen LogP contribution is 2.49. The number of hydrogen-bond donors (Lipinski definition) is 0. The third kappa shape index (κ3) is 2.76. The lowest BCUT2D eigenvalue weighted by Gasteiger charge is -2.20. The summed E-state index contributed by atoms with van der Waals surface area (Å²) < 4.78 is 116. The van der Waals surface area contributed by atoms with Gasteiger partial charge < -0.3 is 4.42 Å². The van der Waals surface area contributed by atoms with Gasteiger partial charge in [-0.15, -0.1) is 0 Å². The SMILES string of the molecule is [2H]C([2H])([2H])c1cc(-c2c(C)ccc3c2oc2nc4c(cc23)C(C([2H])([2H])[2H])(C([2H])([2H])[2H])c2ccccc2-4)[n+](C)cc1C([2H])(C)C([2H])([2H])[2H]. The van der Waals surface area contributed by atoms with Crippen molar-refractivity contribution < 1.29 is 26.8 Å².